The van der Waals surface area contributed by atoms with Gasteiger partial charge in [-0.05, 0) is 37.3 Å². The van der Waals surface area contributed by atoms with Crippen molar-refractivity contribution < 1.29 is 4.79 Å². The number of nitrogens with zero attached hydrogens (tertiary/aromatic N) is 7. The number of rotatable bonds is 11. The highest BCUT2D eigenvalue weighted by molar-refractivity contribution is 5.76. The van der Waals surface area contributed by atoms with Gasteiger partial charge in [0.1, 0.15) is 5.82 Å². The van der Waals surface area contributed by atoms with Crippen molar-refractivity contribution in [2.45, 2.75) is 78.7 Å². The molecule has 0 aliphatic carbocycles. The van der Waals surface area contributed by atoms with Gasteiger partial charge in [0, 0.05) is 51.3 Å². The number of aromatic nitrogens is 5. The van der Waals surface area contributed by atoms with Gasteiger partial charge in [-0.25, -0.2) is 14.5 Å². The fraction of sp³-hybridized carbons (Fsp3) is 0.593. The van der Waals surface area contributed by atoms with Crippen LogP contribution in [-0.2, 0) is 11.2 Å². The van der Waals surface area contributed by atoms with Crippen LogP contribution in [-0.4, -0.2) is 67.6 Å². The number of hydrogen-bond donors (Lipinski definition) is 2. The molecule has 1 fully saturated rings. The average Bonchev–Trinajstić information content (AvgIpc) is 3.28. The minimum Gasteiger partial charge on any atom is -0.380 e. The Labute approximate surface area is 219 Å². The summed E-state index contributed by atoms with van der Waals surface area (Å²) in [5.41, 5.74) is 9.96. The minimum atomic E-state index is 0.254. The second-order valence-electron chi connectivity index (χ2n) is 10.0. The van der Waals surface area contributed by atoms with Gasteiger partial charge in [0.2, 0.25) is 11.9 Å². The van der Waals surface area contributed by atoms with E-state index in [1.54, 1.807) is 4.52 Å². The lowest BCUT2D eigenvalue weighted by Crippen LogP contribution is -2.49. The number of nitrogen functional groups attached to an aromatic ring is 1. The van der Waals surface area contributed by atoms with E-state index in [0.29, 0.717) is 36.3 Å². The third kappa shape index (κ3) is 6.29. The second-order valence-corrected chi connectivity index (χ2v) is 10.0. The molecule has 0 radical (unpaired) electrons. The van der Waals surface area contributed by atoms with Crippen LogP contribution in [0.3, 0.4) is 0 Å². The molecule has 0 saturated carbocycles. The van der Waals surface area contributed by atoms with Crippen LogP contribution < -0.4 is 16.0 Å². The normalized spacial score (nSPS) is 14.1. The van der Waals surface area contributed by atoms with Gasteiger partial charge in [0.15, 0.2) is 11.5 Å². The summed E-state index contributed by atoms with van der Waals surface area (Å²) in [7, 11) is 0. The Morgan fingerprint density at radius 3 is 2.43 bits per heavy atom. The van der Waals surface area contributed by atoms with E-state index in [1.807, 2.05) is 24.2 Å². The number of carbonyl (C=O) groups is 1. The Kier molecular flexibility index (Phi) is 8.78. The van der Waals surface area contributed by atoms with E-state index < -0.39 is 0 Å². The van der Waals surface area contributed by atoms with Gasteiger partial charge in [0.05, 0.1) is 11.9 Å². The van der Waals surface area contributed by atoms with E-state index in [0.717, 1.165) is 80.9 Å². The summed E-state index contributed by atoms with van der Waals surface area (Å²) in [6.45, 7) is 11.6. The zero-order chi connectivity index (χ0) is 26.4. The lowest BCUT2D eigenvalue weighted by atomic mass is 10.1. The number of carbonyl (C=O) groups excluding carboxylic acids is 1. The zero-order valence-corrected chi connectivity index (χ0v) is 22.7. The molecule has 1 saturated heterocycles. The van der Waals surface area contributed by atoms with Crippen LogP contribution in [0, 0.1) is 6.92 Å². The number of nitrogens with one attached hydrogen (secondary N) is 1. The second kappa shape index (κ2) is 12.2. The van der Waals surface area contributed by atoms with Crippen molar-refractivity contribution in [2.24, 2.45) is 0 Å². The van der Waals surface area contributed by atoms with E-state index in [-0.39, 0.29) is 5.91 Å². The highest BCUT2D eigenvalue weighted by Crippen LogP contribution is 2.23. The number of anilines is 3. The third-order valence-corrected chi connectivity index (χ3v) is 6.95. The highest BCUT2D eigenvalue weighted by Gasteiger charge is 2.22. The van der Waals surface area contributed by atoms with Crippen LogP contribution >= 0.6 is 0 Å². The molecule has 3 aromatic heterocycles. The molecule has 0 bridgehead atoms. The number of aryl methyl sites for hydroxylation is 1. The molecule has 37 heavy (non-hydrogen) atoms. The summed E-state index contributed by atoms with van der Waals surface area (Å²) in [5.74, 6) is 2.15. The average molecular weight is 508 g/mol. The summed E-state index contributed by atoms with van der Waals surface area (Å²) in [5, 5.41) is 8.21. The van der Waals surface area contributed by atoms with E-state index in [9.17, 15) is 4.79 Å². The molecule has 0 unspecified atom stereocenters. The van der Waals surface area contributed by atoms with Crippen LogP contribution in [0.2, 0.25) is 0 Å². The topological polar surface area (TPSA) is 118 Å². The Morgan fingerprint density at radius 2 is 1.78 bits per heavy atom. The molecule has 4 heterocycles. The Hall–Kier alpha value is -3.43. The molecule has 200 valence electrons. The largest absolute Gasteiger partial charge is 0.380 e. The molecule has 10 heteroatoms. The van der Waals surface area contributed by atoms with Gasteiger partial charge in [-0.15, -0.1) is 5.10 Å². The maximum Gasteiger partial charge on any atom is 0.243 e. The molecular weight excluding hydrogens is 466 g/mol. The van der Waals surface area contributed by atoms with Gasteiger partial charge >= 0.3 is 0 Å². The Morgan fingerprint density at radius 1 is 1.05 bits per heavy atom. The first-order valence-corrected chi connectivity index (χ1v) is 13.7. The number of imidazole rings is 1. The fourth-order valence-electron chi connectivity index (χ4n) is 5.10. The van der Waals surface area contributed by atoms with Crippen molar-refractivity contribution in [3.8, 4) is 0 Å². The Bertz CT molecular complexity index is 1190. The molecule has 1 amide bonds. The van der Waals surface area contributed by atoms with E-state index in [1.165, 1.54) is 0 Å². The van der Waals surface area contributed by atoms with E-state index >= 15 is 0 Å². The minimum absolute atomic E-state index is 0.254. The van der Waals surface area contributed by atoms with Crippen molar-refractivity contribution in [1.82, 2.24) is 29.5 Å². The maximum absolute atomic E-state index is 12.2. The number of hydrogen-bond acceptors (Lipinski definition) is 8. The zero-order valence-electron chi connectivity index (χ0n) is 22.7. The molecule has 0 spiro atoms. The Balaban J connectivity index is 1.48. The molecule has 10 nitrogen and oxygen atoms in total. The monoisotopic (exact) mass is 507 g/mol. The molecule has 0 aromatic carbocycles. The smallest absolute Gasteiger partial charge is 0.243 e. The number of amides is 1. The summed E-state index contributed by atoms with van der Waals surface area (Å²) in [4.78, 5) is 30.2. The van der Waals surface area contributed by atoms with Gasteiger partial charge in [0.25, 0.3) is 0 Å². The number of nitrogens with two attached hydrogens (primary N) is 1. The van der Waals surface area contributed by atoms with Crippen LogP contribution in [0.15, 0.2) is 18.5 Å². The van der Waals surface area contributed by atoms with Crippen LogP contribution in [0.1, 0.15) is 76.1 Å². The maximum atomic E-state index is 12.2. The van der Waals surface area contributed by atoms with Gasteiger partial charge in [-0.2, -0.15) is 4.98 Å². The van der Waals surface area contributed by atoms with Crippen molar-refractivity contribution >= 4 is 29.1 Å². The summed E-state index contributed by atoms with van der Waals surface area (Å²) in [6, 6.07) is 2.50. The van der Waals surface area contributed by atoms with Crippen molar-refractivity contribution in [3.63, 3.8) is 0 Å². The number of piperazine rings is 1. The highest BCUT2D eigenvalue weighted by atomic mass is 16.2. The van der Waals surface area contributed by atoms with E-state index in [4.69, 9.17) is 15.8 Å². The standard InChI is InChI=1S/C27H41N9O/c1-5-8-21(9-6-2)31-27-32-24(28)26-30-18-22(36(26)33-27)16-20-15-19(4)25(29-17-20)35-13-11-34(12-14-35)23(37)10-7-3/h15,17-18,21H,5-14,16H2,1-4H3,(H3,28,31,32,33). The third-order valence-electron chi connectivity index (χ3n) is 6.95. The molecule has 3 N–H and O–H groups in total. The van der Waals surface area contributed by atoms with Gasteiger partial charge in [-0.3, -0.25) is 4.79 Å². The van der Waals surface area contributed by atoms with Gasteiger partial charge < -0.3 is 20.9 Å². The molecule has 4 rings (SSSR count). The fourth-order valence-corrected chi connectivity index (χ4v) is 5.10. The first-order chi connectivity index (χ1) is 17.9. The van der Waals surface area contributed by atoms with Crippen molar-refractivity contribution in [2.75, 3.05) is 42.1 Å². The molecule has 1 aliphatic heterocycles. The lowest BCUT2D eigenvalue weighted by molar-refractivity contribution is -0.131. The van der Waals surface area contributed by atoms with Crippen LogP contribution in [0.4, 0.5) is 17.6 Å². The molecule has 1 aliphatic rings. The summed E-state index contributed by atoms with van der Waals surface area (Å²) >= 11 is 0. The van der Waals surface area contributed by atoms with Crippen molar-refractivity contribution in [3.05, 3.63) is 35.3 Å². The molecule has 3 aromatic rings. The first kappa shape index (κ1) is 26.6. The molecular formula is C27H41N9O. The SMILES string of the molecule is CCCC(=O)N1CCN(c2ncc(Cc3cnc4c(N)nc(NC(CCC)CCC)nn34)cc2C)CC1. The first-order valence-electron chi connectivity index (χ1n) is 13.7. The predicted molar refractivity (Wildman–Crippen MR) is 148 cm³/mol. The van der Waals surface area contributed by atoms with Crippen LogP contribution in [0.5, 0.6) is 0 Å². The number of pyridine rings is 1. The van der Waals surface area contributed by atoms with E-state index in [2.05, 4.69) is 47.0 Å². The van der Waals surface area contributed by atoms with Crippen molar-refractivity contribution in [1.29, 1.82) is 0 Å². The summed E-state index contributed by atoms with van der Waals surface area (Å²) < 4.78 is 1.80. The van der Waals surface area contributed by atoms with Gasteiger partial charge in [-0.1, -0.05) is 39.7 Å². The summed E-state index contributed by atoms with van der Waals surface area (Å²) in [6.07, 6.45) is 10.2. The predicted octanol–water partition coefficient (Wildman–Crippen LogP) is 3.83. The molecule has 0 atom stereocenters. The lowest BCUT2D eigenvalue weighted by Gasteiger charge is -2.36. The number of fused-ring (bicyclic) bond motifs is 1. The van der Waals surface area contributed by atoms with Crippen LogP contribution in [0.25, 0.3) is 5.65 Å². The quantitative estimate of drug-likeness (QED) is 0.402.